The normalized spacial score (nSPS) is 13.3. The van der Waals surface area contributed by atoms with Crippen LogP contribution in [-0.4, -0.2) is 14.5 Å². The maximum atomic E-state index is 12.9. The molecule has 0 amide bonds. The lowest BCUT2D eigenvalue weighted by Crippen LogP contribution is -2.35. The van der Waals surface area contributed by atoms with Crippen molar-refractivity contribution < 1.29 is 12.8 Å². The van der Waals surface area contributed by atoms with Gasteiger partial charge in [0, 0.05) is 12.5 Å². The molecule has 1 aromatic heterocycles. The van der Waals surface area contributed by atoms with Crippen LogP contribution in [0.1, 0.15) is 40.5 Å². The van der Waals surface area contributed by atoms with Gasteiger partial charge in [0.25, 0.3) is 0 Å². The highest BCUT2D eigenvalue weighted by Crippen LogP contribution is 2.29. The second-order valence-electron chi connectivity index (χ2n) is 6.26. The van der Waals surface area contributed by atoms with Crippen molar-refractivity contribution in [3.05, 3.63) is 52.0 Å². The Kier molecular flexibility index (Phi) is 5.01. The second kappa shape index (κ2) is 6.49. The van der Waals surface area contributed by atoms with E-state index in [0.717, 1.165) is 33.6 Å². The summed E-state index contributed by atoms with van der Waals surface area (Å²) in [4.78, 5) is 0.407. The molecular formula is C18H25NO3S. The summed E-state index contributed by atoms with van der Waals surface area (Å²) in [5.74, 6) is 0.768. The molecule has 1 unspecified atom stereocenters. The van der Waals surface area contributed by atoms with Crippen molar-refractivity contribution in [2.24, 2.45) is 0 Å². The van der Waals surface area contributed by atoms with Crippen molar-refractivity contribution in [1.82, 2.24) is 4.72 Å². The number of benzene rings is 1. The molecule has 0 radical (unpaired) electrons. The SMILES string of the molecule is Cc1c(C)c(C)c(S(=O)(=O)NC(C)Cc2ccco2)c(C)c1C. The maximum absolute atomic E-state index is 12.9. The smallest absolute Gasteiger partial charge is 0.241 e. The van der Waals surface area contributed by atoms with Gasteiger partial charge >= 0.3 is 0 Å². The van der Waals surface area contributed by atoms with Crippen molar-refractivity contribution in [2.45, 2.75) is 58.9 Å². The number of furan rings is 1. The van der Waals surface area contributed by atoms with Gasteiger partial charge in [0.1, 0.15) is 5.76 Å². The predicted octanol–water partition coefficient (Wildman–Crippen LogP) is 3.73. The lowest BCUT2D eigenvalue weighted by atomic mass is 9.95. The van der Waals surface area contributed by atoms with Crippen LogP contribution in [-0.2, 0) is 16.4 Å². The van der Waals surface area contributed by atoms with Crippen LogP contribution < -0.4 is 4.72 Å². The van der Waals surface area contributed by atoms with Gasteiger partial charge in [-0.3, -0.25) is 0 Å². The van der Waals surface area contributed by atoms with Gasteiger partial charge in [0.05, 0.1) is 11.2 Å². The van der Waals surface area contributed by atoms with Crippen LogP contribution >= 0.6 is 0 Å². The van der Waals surface area contributed by atoms with Crippen molar-refractivity contribution in [3.8, 4) is 0 Å². The van der Waals surface area contributed by atoms with Crippen LogP contribution in [0, 0.1) is 34.6 Å². The van der Waals surface area contributed by atoms with Crippen molar-refractivity contribution in [3.63, 3.8) is 0 Å². The molecule has 23 heavy (non-hydrogen) atoms. The number of sulfonamides is 1. The molecule has 0 aliphatic heterocycles. The predicted molar refractivity (Wildman–Crippen MR) is 92.3 cm³/mol. The molecule has 0 saturated carbocycles. The highest BCUT2D eigenvalue weighted by Gasteiger charge is 2.25. The molecule has 2 rings (SSSR count). The highest BCUT2D eigenvalue weighted by molar-refractivity contribution is 7.89. The summed E-state index contributed by atoms with van der Waals surface area (Å²) in [6, 6.07) is 3.41. The third-order valence-electron chi connectivity index (χ3n) is 4.64. The van der Waals surface area contributed by atoms with E-state index in [1.807, 2.05) is 47.6 Å². The van der Waals surface area contributed by atoms with Crippen molar-refractivity contribution >= 4 is 10.0 Å². The fourth-order valence-electron chi connectivity index (χ4n) is 2.96. The highest BCUT2D eigenvalue weighted by atomic mass is 32.2. The van der Waals surface area contributed by atoms with E-state index in [0.29, 0.717) is 11.3 Å². The maximum Gasteiger partial charge on any atom is 0.241 e. The first kappa shape index (κ1) is 17.8. The average Bonchev–Trinajstić information content (AvgIpc) is 2.94. The molecule has 1 aromatic carbocycles. The molecule has 126 valence electrons. The van der Waals surface area contributed by atoms with E-state index in [-0.39, 0.29) is 6.04 Å². The number of rotatable bonds is 5. The monoisotopic (exact) mass is 335 g/mol. The molecule has 0 aliphatic carbocycles. The minimum absolute atomic E-state index is 0.244. The Morgan fingerprint density at radius 3 is 2.00 bits per heavy atom. The fraction of sp³-hybridized carbons (Fsp3) is 0.444. The lowest BCUT2D eigenvalue weighted by molar-refractivity contribution is 0.479. The summed E-state index contributed by atoms with van der Waals surface area (Å²) in [5, 5.41) is 0. The Morgan fingerprint density at radius 2 is 1.52 bits per heavy atom. The van der Waals surface area contributed by atoms with E-state index in [1.54, 1.807) is 12.3 Å². The fourth-order valence-corrected chi connectivity index (χ4v) is 4.81. The largest absolute Gasteiger partial charge is 0.469 e. The molecule has 2 aromatic rings. The summed E-state index contributed by atoms with van der Waals surface area (Å²) in [6.45, 7) is 11.6. The molecule has 1 N–H and O–H groups in total. The Hall–Kier alpha value is -1.59. The molecule has 1 heterocycles. The van der Waals surface area contributed by atoms with Crippen LogP contribution in [0.5, 0.6) is 0 Å². The van der Waals surface area contributed by atoms with Gasteiger partial charge in [-0.15, -0.1) is 0 Å². The molecule has 1 atom stereocenters. The Morgan fingerprint density at radius 1 is 1.00 bits per heavy atom. The minimum Gasteiger partial charge on any atom is -0.469 e. The Bertz CT molecular complexity index is 776. The van der Waals surface area contributed by atoms with Crippen molar-refractivity contribution in [1.29, 1.82) is 0 Å². The quantitative estimate of drug-likeness (QED) is 0.905. The third kappa shape index (κ3) is 3.51. The molecule has 4 nitrogen and oxygen atoms in total. The van der Waals surface area contributed by atoms with Gasteiger partial charge in [-0.1, -0.05) is 0 Å². The van der Waals surface area contributed by atoms with E-state index in [2.05, 4.69) is 4.72 Å². The second-order valence-corrected chi connectivity index (χ2v) is 7.91. The van der Waals surface area contributed by atoms with Gasteiger partial charge in [0.2, 0.25) is 10.0 Å². The standard InChI is InChI=1S/C18H25NO3S/c1-11(10-17-8-7-9-22-17)19-23(20,21)18-15(5)13(3)12(2)14(4)16(18)6/h7-9,11,19H,10H2,1-6H3. The van der Waals surface area contributed by atoms with E-state index in [4.69, 9.17) is 4.42 Å². The number of nitrogens with one attached hydrogen (secondary N) is 1. The molecule has 0 spiro atoms. The van der Waals surface area contributed by atoms with Crippen LogP contribution in [0.15, 0.2) is 27.7 Å². The molecule has 0 saturated heterocycles. The van der Waals surface area contributed by atoms with E-state index < -0.39 is 10.0 Å². The average molecular weight is 335 g/mol. The van der Waals surface area contributed by atoms with Crippen LogP contribution in [0.3, 0.4) is 0 Å². The van der Waals surface area contributed by atoms with E-state index in [9.17, 15) is 8.42 Å². The summed E-state index contributed by atoms with van der Waals surface area (Å²) in [6.07, 6.45) is 2.12. The first-order chi connectivity index (χ1) is 10.6. The van der Waals surface area contributed by atoms with Crippen molar-refractivity contribution in [2.75, 3.05) is 0 Å². The number of hydrogen-bond acceptors (Lipinski definition) is 3. The topological polar surface area (TPSA) is 59.3 Å². The number of hydrogen-bond donors (Lipinski definition) is 1. The van der Waals surface area contributed by atoms with Gasteiger partial charge in [-0.05, 0) is 81.5 Å². The zero-order valence-electron chi connectivity index (χ0n) is 14.6. The zero-order chi connectivity index (χ0) is 17.4. The summed E-state index contributed by atoms with van der Waals surface area (Å²) >= 11 is 0. The van der Waals surface area contributed by atoms with Crippen LogP contribution in [0.2, 0.25) is 0 Å². The Balaban J connectivity index is 2.37. The van der Waals surface area contributed by atoms with Gasteiger partial charge in [-0.2, -0.15) is 0 Å². The van der Waals surface area contributed by atoms with Gasteiger partial charge < -0.3 is 4.42 Å². The first-order valence-electron chi connectivity index (χ1n) is 7.76. The first-order valence-corrected chi connectivity index (χ1v) is 9.25. The van der Waals surface area contributed by atoms with Gasteiger partial charge in [0.15, 0.2) is 0 Å². The Labute approximate surface area is 139 Å². The third-order valence-corrected chi connectivity index (χ3v) is 6.51. The zero-order valence-corrected chi connectivity index (χ0v) is 15.5. The summed E-state index contributed by atoms with van der Waals surface area (Å²) in [5.41, 5.74) is 4.87. The molecule has 0 fully saturated rings. The molecule has 5 heteroatoms. The molecule has 0 aliphatic rings. The van der Waals surface area contributed by atoms with E-state index in [1.165, 1.54) is 0 Å². The van der Waals surface area contributed by atoms with Crippen LogP contribution in [0.25, 0.3) is 0 Å². The van der Waals surface area contributed by atoms with Crippen LogP contribution in [0.4, 0.5) is 0 Å². The van der Waals surface area contributed by atoms with E-state index >= 15 is 0 Å². The molecular weight excluding hydrogens is 310 g/mol. The van der Waals surface area contributed by atoms with Gasteiger partial charge in [-0.25, -0.2) is 13.1 Å². The lowest BCUT2D eigenvalue weighted by Gasteiger charge is -2.21. The summed E-state index contributed by atoms with van der Waals surface area (Å²) < 4.78 is 33.8. The minimum atomic E-state index is -3.58. The molecule has 0 bridgehead atoms. The summed E-state index contributed by atoms with van der Waals surface area (Å²) in [7, 11) is -3.58.